The monoisotopic (exact) mass is 370 g/mol. The van der Waals surface area contributed by atoms with E-state index in [1.807, 2.05) is 25.1 Å². The van der Waals surface area contributed by atoms with Gasteiger partial charge in [0.2, 0.25) is 0 Å². The van der Waals surface area contributed by atoms with Gasteiger partial charge in [-0.1, -0.05) is 18.2 Å². The topological polar surface area (TPSA) is 94.9 Å². The fraction of sp³-hybridized carbons (Fsp3) is 0.316. The standard InChI is InChI=1S/C19H22N4O4/c1-22(2)14(15-9-6-10-27-15)11-20-17(24)18(25)21-16-12-7-4-5-8-13(12)23(3)19(16)26/h4-10,14,16H,11H2,1-3H3,(H,20,24)(H,21,25)/t14-,16+/m1/s1. The number of nitrogens with one attached hydrogen (secondary N) is 2. The van der Waals surface area contributed by atoms with Crippen molar-refractivity contribution in [3.63, 3.8) is 0 Å². The molecule has 1 aliphatic heterocycles. The van der Waals surface area contributed by atoms with Crippen molar-refractivity contribution < 1.29 is 18.8 Å². The van der Waals surface area contributed by atoms with E-state index in [0.29, 0.717) is 11.3 Å². The number of benzene rings is 1. The zero-order valence-electron chi connectivity index (χ0n) is 15.4. The molecule has 1 aromatic carbocycles. The minimum atomic E-state index is -0.862. The second kappa shape index (κ2) is 7.63. The van der Waals surface area contributed by atoms with Gasteiger partial charge in [0, 0.05) is 24.8 Å². The number of hydrogen-bond donors (Lipinski definition) is 2. The highest BCUT2D eigenvalue weighted by molar-refractivity contribution is 6.35. The van der Waals surface area contributed by atoms with E-state index in [0.717, 1.165) is 5.69 Å². The summed E-state index contributed by atoms with van der Waals surface area (Å²) in [5, 5.41) is 5.12. The Balaban J connectivity index is 1.63. The Labute approximate surface area is 157 Å². The maximum atomic E-state index is 12.4. The van der Waals surface area contributed by atoms with Crippen molar-refractivity contribution in [2.24, 2.45) is 0 Å². The Morgan fingerprint density at radius 2 is 1.93 bits per heavy atom. The van der Waals surface area contributed by atoms with E-state index in [-0.39, 0.29) is 18.5 Å². The quantitative estimate of drug-likeness (QED) is 0.761. The fourth-order valence-corrected chi connectivity index (χ4v) is 3.11. The molecule has 2 atom stereocenters. The summed E-state index contributed by atoms with van der Waals surface area (Å²) in [5.74, 6) is -1.25. The van der Waals surface area contributed by atoms with Crippen molar-refractivity contribution >= 4 is 23.4 Å². The summed E-state index contributed by atoms with van der Waals surface area (Å²) in [7, 11) is 5.34. The fourth-order valence-electron chi connectivity index (χ4n) is 3.11. The molecule has 2 heterocycles. The van der Waals surface area contributed by atoms with Gasteiger partial charge in [-0.15, -0.1) is 0 Å². The van der Waals surface area contributed by atoms with E-state index < -0.39 is 17.9 Å². The molecule has 1 aromatic heterocycles. The van der Waals surface area contributed by atoms with Gasteiger partial charge in [0.1, 0.15) is 11.8 Å². The third-order valence-corrected chi connectivity index (χ3v) is 4.62. The van der Waals surface area contributed by atoms with Crippen molar-refractivity contribution in [2.45, 2.75) is 12.1 Å². The van der Waals surface area contributed by atoms with Crippen LogP contribution in [0.4, 0.5) is 5.69 Å². The van der Waals surface area contributed by atoms with Crippen LogP contribution in [0, 0.1) is 0 Å². The lowest BCUT2D eigenvalue weighted by Crippen LogP contribution is -2.45. The lowest BCUT2D eigenvalue weighted by atomic mass is 10.1. The summed E-state index contributed by atoms with van der Waals surface area (Å²) < 4.78 is 5.38. The Morgan fingerprint density at radius 3 is 2.59 bits per heavy atom. The number of nitrogens with zero attached hydrogens (tertiary/aromatic N) is 2. The maximum absolute atomic E-state index is 12.4. The summed E-state index contributed by atoms with van der Waals surface area (Å²) >= 11 is 0. The van der Waals surface area contributed by atoms with Gasteiger partial charge in [0.15, 0.2) is 0 Å². The van der Waals surface area contributed by atoms with Gasteiger partial charge in [-0.05, 0) is 32.3 Å². The highest BCUT2D eigenvalue weighted by Gasteiger charge is 2.37. The van der Waals surface area contributed by atoms with Crippen LogP contribution in [0.2, 0.25) is 0 Å². The number of amides is 3. The average molecular weight is 370 g/mol. The number of fused-ring (bicyclic) bond motifs is 1. The molecular formula is C19H22N4O4. The molecule has 8 heteroatoms. The molecule has 0 fully saturated rings. The molecule has 3 rings (SSSR count). The molecule has 0 unspecified atom stereocenters. The van der Waals surface area contributed by atoms with Crippen LogP contribution < -0.4 is 15.5 Å². The van der Waals surface area contributed by atoms with Crippen molar-refractivity contribution in [2.75, 3.05) is 32.6 Å². The van der Waals surface area contributed by atoms with E-state index in [2.05, 4.69) is 10.6 Å². The summed E-state index contributed by atoms with van der Waals surface area (Å²) in [6.45, 7) is 0.196. The summed E-state index contributed by atoms with van der Waals surface area (Å²) in [4.78, 5) is 40.3. The number of furan rings is 1. The molecule has 0 aliphatic carbocycles. The number of likely N-dealkylation sites (N-methyl/N-ethyl adjacent to an activating group) is 2. The zero-order chi connectivity index (χ0) is 19.6. The van der Waals surface area contributed by atoms with Gasteiger partial charge >= 0.3 is 11.8 Å². The molecule has 0 saturated heterocycles. The average Bonchev–Trinajstić information content (AvgIpc) is 3.25. The molecule has 2 N–H and O–H groups in total. The maximum Gasteiger partial charge on any atom is 0.310 e. The predicted molar refractivity (Wildman–Crippen MR) is 98.9 cm³/mol. The van der Waals surface area contributed by atoms with Crippen molar-refractivity contribution in [3.8, 4) is 0 Å². The molecule has 1 aliphatic rings. The smallest absolute Gasteiger partial charge is 0.310 e. The first-order chi connectivity index (χ1) is 12.9. The minimum Gasteiger partial charge on any atom is -0.468 e. The van der Waals surface area contributed by atoms with Crippen LogP contribution in [-0.2, 0) is 14.4 Å². The van der Waals surface area contributed by atoms with E-state index in [1.165, 1.54) is 4.90 Å². The van der Waals surface area contributed by atoms with Crippen LogP contribution in [0.15, 0.2) is 47.1 Å². The minimum absolute atomic E-state index is 0.196. The van der Waals surface area contributed by atoms with Crippen molar-refractivity contribution in [1.29, 1.82) is 0 Å². The first kappa shape index (κ1) is 18.7. The lowest BCUT2D eigenvalue weighted by Gasteiger charge is -2.22. The van der Waals surface area contributed by atoms with E-state index in [4.69, 9.17) is 4.42 Å². The Morgan fingerprint density at radius 1 is 1.19 bits per heavy atom. The highest BCUT2D eigenvalue weighted by atomic mass is 16.3. The van der Waals surface area contributed by atoms with Crippen LogP contribution in [0.1, 0.15) is 23.4 Å². The number of rotatable bonds is 5. The van der Waals surface area contributed by atoms with Gasteiger partial charge in [0.05, 0.1) is 12.3 Å². The molecule has 3 amide bonds. The van der Waals surface area contributed by atoms with Crippen LogP contribution in [-0.4, -0.2) is 50.3 Å². The van der Waals surface area contributed by atoms with E-state index in [1.54, 1.807) is 43.6 Å². The number of anilines is 1. The van der Waals surface area contributed by atoms with E-state index in [9.17, 15) is 14.4 Å². The molecule has 142 valence electrons. The molecule has 0 bridgehead atoms. The molecule has 2 aromatic rings. The summed E-state index contributed by atoms with van der Waals surface area (Å²) in [6.07, 6.45) is 1.56. The summed E-state index contributed by atoms with van der Waals surface area (Å²) in [5.41, 5.74) is 1.40. The highest BCUT2D eigenvalue weighted by Crippen LogP contribution is 2.34. The van der Waals surface area contributed by atoms with Gasteiger partial charge in [-0.2, -0.15) is 0 Å². The van der Waals surface area contributed by atoms with Crippen LogP contribution in [0.5, 0.6) is 0 Å². The zero-order valence-corrected chi connectivity index (χ0v) is 15.4. The molecule has 0 radical (unpaired) electrons. The third kappa shape index (κ3) is 3.70. The molecule has 27 heavy (non-hydrogen) atoms. The predicted octanol–water partition coefficient (Wildman–Crippen LogP) is 0.832. The number of para-hydroxylation sites is 1. The third-order valence-electron chi connectivity index (χ3n) is 4.62. The second-order valence-electron chi connectivity index (χ2n) is 6.57. The van der Waals surface area contributed by atoms with Crippen LogP contribution in [0.25, 0.3) is 0 Å². The van der Waals surface area contributed by atoms with Crippen molar-refractivity contribution in [1.82, 2.24) is 15.5 Å². The second-order valence-corrected chi connectivity index (χ2v) is 6.57. The largest absolute Gasteiger partial charge is 0.468 e. The van der Waals surface area contributed by atoms with E-state index >= 15 is 0 Å². The molecule has 0 spiro atoms. The molecular weight excluding hydrogens is 348 g/mol. The number of hydrogen-bond acceptors (Lipinski definition) is 5. The Bertz CT molecular complexity index is 847. The first-order valence-corrected chi connectivity index (χ1v) is 8.55. The Kier molecular flexibility index (Phi) is 5.27. The Hall–Kier alpha value is -3.13. The molecule has 0 saturated carbocycles. The van der Waals surface area contributed by atoms with Gasteiger partial charge < -0.3 is 20.0 Å². The van der Waals surface area contributed by atoms with Gasteiger partial charge in [-0.25, -0.2) is 0 Å². The first-order valence-electron chi connectivity index (χ1n) is 8.55. The van der Waals surface area contributed by atoms with Gasteiger partial charge in [0.25, 0.3) is 5.91 Å². The number of carbonyl (C=O) groups is 3. The van der Waals surface area contributed by atoms with Crippen molar-refractivity contribution in [3.05, 3.63) is 54.0 Å². The molecule has 8 nitrogen and oxygen atoms in total. The van der Waals surface area contributed by atoms with Gasteiger partial charge in [-0.3, -0.25) is 19.3 Å². The van der Waals surface area contributed by atoms with Crippen LogP contribution in [0.3, 0.4) is 0 Å². The lowest BCUT2D eigenvalue weighted by molar-refractivity contribution is -0.140. The normalized spacial score (nSPS) is 17.0. The van der Waals surface area contributed by atoms with Crippen LogP contribution >= 0.6 is 0 Å². The SMILES string of the molecule is CN1C(=O)[C@@H](NC(=O)C(=O)NC[C@H](c2ccco2)N(C)C)c2ccccc21. The summed E-state index contributed by atoms with van der Waals surface area (Å²) in [6, 6.07) is 9.66. The number of carbonyl (C=O) groups excluding carboxylic acids is 3.